The molecule has 1 aliphatic heterocycles. The highest BCUT2D eigenvalue weighted by Crippen LogP contribution is 2.22. The number of anilines is 1. The molecule has 0 aliphatic carbocycles. The summed E-state index contributed by atoms with van der Waals surface area (Å²) in [6.07, 6.45) is 5.09. The summed E-state index contributed by atoms with van der Waals surface area (Å²) in [5.41, 5.74) is 0. The van der Waals surface area contributed by atoms with Crippen LogP contribution in [0, 0.1) is 5.92 Å². The van der Waals surface area contributed by atoms with E-state index in [0.717, 1.165) is 31.5 Å². The molecule has 1 aliphatic rings. The Balaban J connectivity index is 2.09. The maximum atomic E-state index is 5.85. The van der Waals surface area contributed by atoms with Crippen LogP contribution in [0.4, 0.5) is 5.95 Å². The van der Waals surface area contributed by atoms with Crippen molar-refractivity contribution in [1.82, 2.24) is 9.55 Å². The normalized spacial score (nSPS) is 21.9. The van der Waals surface area contributed by atoms with Gasteiger partial charge in [0.2, 0.25) is 5.95 Å². The maximum absolute atomic E-state index is 5.85. The zero-order chi connectivity index (χ0) is 9.97. The molecule has 3 nitrogen and oxygen atoms in total. The molecule has 1 saturated heterocycles. The average Bonchev–Trinajstić information content (AvgIpc) is 2.85. The molecular formula is C10H16ClN3. The Morgan fingerprint density at radius 1 is 1.64 bits per heavy atom. The molecule has 0 spiro atoms. The second kappa shape index (κ2) is 4.22. The second-order valence-electron chi connectivity index (χ2n) is 3.77. The smallest absolute Gasteiger partial charge is 0.205 e. The molecule has 1 atom stereocenters. The summed E-state index contributed by atoms with van der Waals surface area (Å²) in [5.74, 6) is 2.50. The highest BCUT2D eigenvalue weighted by atomic mass is 35.5. The van der Waals surface area contributed by atoms with Crippen LogP contribution < -0.4 is 4.90 Å². The van der Waals surface area contributed by atoms with Crippen LogP contribution in [0.3, 0.4) is 0 Å². The summed E-state index contributed by atoms with van der Waals surface area (Å²) in [6, 6.07) is 0. The van der Waals surface area contributed by atoms with Crippen LogP contribution in [0.1, 0.15) is 13.3 Å². The molecular weight excluding hydrogens is 198 g/mol. The molecule has 0 amide bonds. The van der Waals surface area contributed by atoms with Gasteiger partial charge >= 0.3 is 0 Å². The predicted octanol–water partition coefficient (Wildman–Crippen LogP) is 1.97. The lowest BCUT2D eigenvalue weighted by atomic mass is 10.2. The highest BCUT2D eigenvalue weighted by Gasteiger charge is 2.24. The van der Waals surface area contributed by atoms with Crippen molar-refractivity contribution in [1.29, 1.82) is 0 Å². The molecule has 1 unspecified atom stereocenters. The van der Waals surface area contributed by atoms with Crippen LogP contribution in [-0.4, -0.2) is 28.5 Å². The molecule has 78 valence electrons. The van der Waals surface area contributed by atoms with E-state index in [4.69, 9.17) is 11.6 Å². The minimum Gasteiger partial charge on any atom is -0.342 e. The molecule has 1 aromatic heterocycles. The van der Waals surface area contributed by atoms with Gasteiger partial charge in [-0.15, -0.1) is 11.6 Å². The van der Waals surface area contributed by atoms with Gasteiger partial charge in [-0.3, -0.25) is 0 Å². The topological polar surface area (TPSA) is 21.1 Å². The lowest BCUT2D eigenvalue weighted by Crippen LogP contribution is -2.23. The van der Waals surface area contributed by atoms with Gasteiger partial charge in [-0.2, -0.15) is 0 Å². The maximum Gasteiger partial charge on any atom is 0.205 e. The van der Waals surface area contributed by atoms with Gasteiger partial charge in [0.15, 0.2) is 0 Å². The number of alkyl halides is 1. The SMILES string of the molecule is CCn1ccnc1N1CCC(CCl)C1. The van der Waals surface area contributed by atoms with Gasteiger partial charge in [-0.05, 0) is 19.3 Å². The highest BCUT2D eigenvalue weighted by molar-refractivity contribution is 6.18. The molecule has 2 heterocycles. The molecule has 0 bridgehead atoms. The summed E-state index contributed by atoms with van der Waals surface area (Å²) in [5, 5.41) is 0. The van der Waals surface area contributed by atoms with E-state index in [9.17, 15) is 0 Å². The van der Waals surface area contributed by atoms with Gasteiger partial charge in [0.05, 0.1) is 0 Å². The summed E-state index contributed by atoms with van der Waals surface area (Å²) in [7, 11) is 0. The van der Waals surface area contributed by atoms with E-state index in [-0.39, 0.29) is 0 Å². The molecule has 1 fully saturated rings. The largest absolute Gasteiger partial charge is 0.342 e. The number of nitrogens with zero attached hydrogens (tertiary/aromatic N) is 3. The summed E-state index contributed by atoms with van der Waals surface area (Å²) >= 11 is 5.85. The second-order valence-corrected chi connectivity index (χ2v) is 4.08. The van der Waals surface area contributed by atoms with Crippen molar-refractivity contribution in [2.45, 2.75) is 19.9 Å². The van der Waals surface area contributed by atoms with E-state index in [1.54, 1.807) is 0 Å². The van der Waals surface area contributed by atoms with Gasteiger partial charge in [-0.25, -0.2) is 4.98 Å². The Hall–Kier alpha value is -0.700. The number of rotatable bonds is 3. The summed E-state index contributed by atoms with van der Waals surface area (Å²) in [4.78, 5) is 6.71. The average molecular weight is 214 g/mol. The van der Waals surface area contributed by atoms with Gasteiger partial charge in [0, 0.05) is 37.9 Å². The van der Waals surface area contributed by atoms with Gasteiger partial charge < -0.3 is 9.47 Å². The van der Waals surface area contributed by atoms with Crippen molar-refractivity contribution in [3.63, 3.8) is 0 Å². The molecule has 0 aromatic carbocycles. The van der Waals surface area contributed by atoms with Crippen molar-refractivity contribution in [3.05, 3.63) is 12.4 Å². The summed E-state index contributed by atoms with van der Waals surface area (Å²) < 4.78 is 2.18. The number of hydrogen-bond donors (Lipinski definition) is 0. The van der Waals surface area contributed by atoms with E-state index < -0.39 is 0 Å². The zero-order valence-corrected chi connectivity index (χ0v) is 9.24. The minimum absolute atomic E-state index is 0.638. The van der Waals surface area contributed by atoms with Crippen LogP contribution in [0.2, 0.25) is 0 Å². The van der Waals surface area contributed by atoms with Gasteiger partial charge in [0.25, 0.3) is 0 Å². The number of halogens is 1. The van der Waals surface area contributed by atoms with Crippen LogP contribution in [0.25, 0.3) is 0 Å². The fourth-order valence-corrected chi connectivity index (χ4v) is 2.22. The Morgan fingerprint density at radius 3 is 3.14 bits per heavy atom. The van der Waals surface area contributed by atoms with Crippen LogP contribution >= 0.6 is 11.6 Å². The van der Waals surface area contributed by atoms with Gasteiger partial charge in [-0.1, -0.05) is 0 Å². The van der Waals surface area contributed by atoms with Crippen molar-refractivity contribution in [2.75, 3.05) is 23.9 Å². The van der Waals surface area contributed by atoms with Crippen molar-refractivity contribution >= 4 is 17.5 Å². The monoisotopic (exact) mass is 213 g/mol. The molecule has 0 radical (unpaired) electrons. The molecule has 1 aromatic rings. The molecule has 4 heteroatoms. The van der Waals surface area contributed by atoms with Crippen molar-refractivity contribution < 1.29 is 0 Å². The molecule has 14 heavy (non-hydrogen) atoms. The fourth-order valence-electron chi connectivity index (χ4n) is 1.97. The number of hydrogen-bond acceptors (Lipinski definition) is 2. The third kappa shape index (κ3) is 1.73. The van der Waals surface area contributed by atoms with Crippen molar-refractivity contribution in [2.24, 2.45) is 5.92 Å². The quantitative estimate of drug-likeness (QED) is 0.716. The van der Waals surface area contributed by atoms with Crippen LogP contribution in [-0.2, 0) is 6.54 Å². The van der Waals surface area contributed by atoms with E-state index in [1.807, 2.05) is 12.4 Å². The van der Waals surface area contributed by atoms with Gasteiger partial charge in [0.1, 0.15) is 0 Å². The minimum atomic E-state index is 0.638. The third-order valence-corrected chi connectivity index (χ3v) is 3.26. The van der Waals surface area contributed by atoms with E-state index >= 15 is 0 Å². The van der Waals surface area contributed by atoms with E-state index in [2.05, 4.69) is 21.4 Å². The first-order valence-corrected chi connectivity index (χ1v) is 5.70. The predicted molar refractivity (Wildman–Crippen MR) is 58.9 cm³/mol. The first-order chi connectivity index (χ1) is 6.85. The first-order valence-electron chi connectivity index (χ1n) is 5.17. The summed E-state index contributed by atoms with van der Waals surface area (Å²) in [6.45, 7) is 5.27. The Bertz CT molecular complexity index is 297. The van der Waals surface area contributed by atoms with E-state index in [1.165, 1.54) is 6.42 Å². The zero-order valence-electron chi connectivity index (χ0n) is 8.49. The van der Waals surface area contributed by atoms with Crippen molar-refractivity contribution in [3.8, 4) is 0 Å². The molecule has 2 rings (SSSR count). The lowest BCUT2D eigenvalue weighted by Gasteiger charge is -2.18. The standard InChI is InChI=1S/C10H16ClN3/c1-2-13-6-4-12-10(13)14-5-3-9(7-11)8-14/h4,6,9H,2-3,5,7-8H2,1H3. The van der Waals surface area contributed by atoms with Crippen LogP contribution in [0.15, 0.2) is 12.4 Å². The number of aryl methyl sites for hydroxylation is 1. The molecule has 0 N–H and O–H groups in total. The van der Waals surface area contributed by atoms with Crippen LogP contribution in [0.5, 0.6) is 0 Å². The Kier molecular flexibility index (Phi) is 2.96. The number of aromatic nitrogens is 2. The third-order valence-electron chi connectivity index (χ3n) is 2.82. The van der Waals surface area contributed by atoms with E-state index in [0.29, 0.717) is 5.92 Å². The molecule has 0 saturated carbocycles. The number of imidazole rings is 1. The Morgan fingerprint density at radius 2 is 2.50 bits per heavy atom. The first kappa shape index (κ1) is 9.84. The Labute approximate surface area is 89.7 Å². The fraction of sp³-hybridized carbons (Fsp3) is 0.700. The lowest BCUT2D eigenvalue weighted by molar-refractivity contribution is 0.661.